The lowest BCUT2D eigenvalue weighted by Gasteiger charge is -2.12. The highest BCUT2D eigenvalue weighted by Gasteiger charge is 2.09. The lowest BCUT2D eigenvalue weighted by Crippen LogP contribution is -2.37. The maximum atomic E-state index is 6.09. The molecule has 0 aliphatic carbocycles. The van der Waals surface area contributed by atoms with Gasteiger partial charge in [0.2, 0.25) is 0 Å². The van der Waals surface area contributed by atoms with E-state index in [9.17, 15) is 0 Å². The zero-order chi connectivity index (χ0) is 17.5. The number of nitrogens with zero attached hydrogens (tertiary/aromatic N) is 2. The molecule has 0 aliphatic rings. The van der Waals surface area contributed by atoms with Crippen LogP contribution in [0, 0.1) is 0 Å². The Kier molecular flexibility index (Phi) is 9.45. The number of ether oxygens (including phenoxy) is 1. The molecule has 0 bridgehead atoms. The Hall–Kier alpha value is -1.12. The monoisotopic (exact) mass is 496 g/mol. The maximum Gasteiger partial charge on any atom is 0.191 e. The van der Waals surface area contributed by atoms with Crippen LogP contribution in [0.1, 0.15) is 18.2 Å². The third-order valence-corrected chi connectivity index (χ3v) is 4.39. The second kappa shape index (κ2) is 10.8. The SMILES string of the molecule is CCNC(=NCc1cccc(OC)c1)NCc1cc(Cl)c(Cl)n1C.I. The number of methoxy groups -OCH3 is 1. The van der Waals surface area contributed by atoms with Gasteiger partial charge in [0.15, 0.2) is 5.96 Å². The van der Waals surface area contributed by atoms with Crippen LogP contribution in [0.5, 0.6) is 5.75 Å². The van der Waals surface area contributed by atoms with Gasteiger partial charge in [-0.05, 0) is 30.7 Å². The predicted molar refractivity (Wildman–Crippen MR) is 115 cm³/mol. The van der Waals surface area contributed by atoms with Crippen LogP contribution >= 0.6 is 47.2 Å². The molecule has 1 aromatic heterocycles. The first-order valence-electron chi connectivity index (χ1n) is 7.69. The van der Waals surface area contributed by atoms with Gasteiger partial charge >= 0.3 is 0 Å². The van der Waals surface area contributed by atoms with E-state index >= 15 is 0 Å². The molecule has 1 aromatic carbocycles. The van der Waals surface area contributed by atoms with Crippen LogP contribution in [0.25, 0.3) is 0 Å². The molecule has 0 spiro atoms. The number of nitrogens with one attached hydrogen (secondary N) is 2. The highest BCUT2D eigenvalue weighted by Crippen LogP contribution is 2.24. The summed E-state index contributed by atoms with van der Waals surface area (Å²) in [4.78, 5) is 4.60. The van der Waals surface area contributed by atoms with E-state index in [1.54, 1.807) is 7.11 Å². The number of benzene rings is 1. The molecule has 0 aliphatic heterocycles. The van der Waals surface area contributed by atoms with E-state index in [1.807, 2.05) is 48.9 Å². The fourth-order valence-corrected chi connectivity index (χ4v) is 2.63. The van der Waals surface area contributed by atoms with Gasteiger partial charge in [0, 0.05) is 19.3 Å². The van der Waals surface area contributed by atoms with Crippen LogP contribution in [0.4, 0.5) is 0 Å². The van der Waals surface area contributed by atoms with Crippen molar-refractivity contribution in [1.29, 1.82) is 0 Å². The fraction of sp³-hybridized carbons (Fsp3) is 0.353. The lowest BCUT2D eigenvalue weighted by atomic mass is 10.2. The molecule has 0 fully saturated rings. The summed E-state index contributed by atoms with van der Waals surface area (Å²) in [6.07, 6.45) is 0. The van der Waals surface area contributed by atoms with E-state index in [0.717, 1.165) is 29.5 Å². The summed E-state index contributed by atoms with van der Waals surface area (Å²) >= 11 is 12.1. The van der Waals surface area contributed by atoms with Gasteiger partial charge in [0.05, 0.1) is 25.2 Å². The third-order valence-electron chi connectivity index (χ3n) is 3.55. The van der Waals surface area contributed by atoms with Gasteiger partial charge in [0.1, 0.15) is 10.9 Å². The van der Waals surface area contributed by atoms with Crippen molar-refractivity contribution in [2.45, 2.75) is 20.0 Å². The van der Waals surface area contributed by atoms with Crippen molar-refractivity contribution in [2.75, 3.05) is 13.7 Å². The quantitative estimate of drug-likeness (QED) is 0.357. The number of aliphatic imine (C=N–C) groups is 1. The zero-order valence-corrected chi connectivity index (χ0v) is 18.3. The van der Waals surface area contributed by atoms with Crippen LogP contribution in [0.3, 0.4) is 0 Å². The van der Waals surface area contributed by atoms with Crippen molar-refractivity contribution < 1.29 is 4.74 Å². The standard InChI is InChI=1S/C17H22Cl2N4O.HI/c1-4-20-17(21-10-12-6-5-7-14(8-12)24-3)22-11-13-9-15(18)16(19)23(13)2;/h5-9H,4,10-11H2,1-3H3,(H2,20,21,22);1H. The van der Waals surface area contributed by atoms with Gasteiger partial charge in [-0.3, -0.25) is 0 Å². The van der Waals surface area contributed by atoms with Crippen molar-refractivity contribution >= 4 is 53.1 Å². The second-order valence-corrected chi connectivity index (χ2v) is 6.00. The Morgan fingerprint density at radius 3 is 2.60 bits per heavy atom. The van der Waals surface area contributed by atoms with Gasteiger partial charge < -0.3 is 19.9 Å². The van der Waals surface area contributed by atoms with Crippen LogP contribution in [-0.4, -0.2) is 24.2 Å². The van der Waals surface area contributed by atoms with Crippen LogP contribution in [0.2, 0.25) is 10.2 Å². The summed E-state index contributed by atoms with van der Waals surface area (Å²) in [5, 5.41) is 7.60. The van der Waals surface area contributed by atoms with Gasteiger partial charge in [-0.15, -0.1) is 24.0 Å². The Morgan fingerprint density at radius 2 is 2.00 bits per heavy atom. The average molecular weight is 497 g/mol. The molecule has 5 nitrogen and oxygen atoms in total. The fourth-order valence-electron chi connectivity index (χ4n) is 2.22. The van der Waals surface area contributed by atoms with Crippen LogP contribution in [0.15, 0.2) is 35.3 Å². The minimum absolute atomic E-state index is 0. The van der Waals surface area contributed by atoms with Crippen molar-refractivity contribution in [3.8, 4) is 5.75 Å². The molecule has 0 unspecified atom stereocenters. The minimum Gasteiger partial charge on any atom is -0.497 e. The largest absolute Gasteiger partial charge is 0.497 e. The number of guanidine groups is 1. The van der Waals surface area contributed by atoms with E-state index in [1.165, 1.54) is 0 Å². The van der Waals surface area contributed by atoms with E-state index < -0.39 is 0 Å². The van der Waals surface area contributed by atoms with Crippen LogP contribution < -0.4 is 15.4 Å². The Morgan fingerprint density at radius 1 is 1.24 bits per heavy atom. The minimum atomic E-state index is 0. The predicted octanol–water partition coefficient (Wildman–Crippen LogP) is 4.21. The Bertz CT molecular complexity index is 719. The molecule has 2 aromatic rings. The summed E-state index contributed by atoms with van der Waals surface area (Å²) < 4.78 is 7.08. The number of rotatable bonds is 6. The number of aromatic nitrogens is 1. The Labute approximate surface area is 175 Å². The Balaban J connectivity index is 0.00000312. The molecule has 2 rings (SSSR count). The van der Waals surface area contributed by atoms with Gasteiger partial charge in [-0.2, -0.15) is 0 Å². The summed E-state index contributed by atoms with van der Waals surface area (Å²) in [5.41, 5.74) is 2.06. The summed E-state index contributed by atoms with van der Waals surface area (Å²) in [5.74, 6) is 1.56. The molecule has 0 saturated heterocycles. The molecule has 0 radical (unpaired) electrons. The van der Waals surface area contributed by atoms with Gasteiger partial charge in [0.25, 0.3) is 0 Å². The van der Waals surface area contributed by atoms with E-state index in [-0.39, 0.29) is 24.0 Å². The molecule has 138 valence electrons. The first-order chi connectivity index (χ1) is 11.5. The smallest absolute Gasteiger partial charge is 0.191 e. The molecule has 0 amide bonds. The molecular formula is C17H23Cl2IN4O. The molecule has 0 atom stereocenters. The highest BCUT2D eigenvalue weighted by atomic mass is 127. The van der Waals surface area contributed by atoms with Crippen molar-refractivity contribution in [3.63, 3.8) is 0 Å². The molecule has 8 heteroatoms. The molecular weight excluding hydrogens is 474 g/mol. The molecule has 1 heterocycles. The zero-order valence-electron chi connectivity index (χ0n) is 14.5. The lowest BCUT2D eigenvalue weighted by molar-refractivity contribution is 0.414. The average Bonchev–Trinajstić information content (AvgIpc) is 2.84. The number of hydrogen-bond acceptors (Lipinski definition) is 2. The van der Waals surface area contributed by atoms with E-state index in [4.69, 9.17) is 27.9 Å². The van der Waals surface area contributed by atoms with Crippen molar-refractivity contribution in [2.24, 2.45) is 12.0 Å². The molecule has 25 heavy (non-hydrogen) atoms. The maximum absolute atomic E-state index is 6.09. The first kappa shape index (κ1) is 21.9. The number of halogens is 3. The normalized spacial score (nSPS) is 11.0. The van der Waals surface area contributed by atoms with E-state index in [0.29, 0.717) is 23.3 Å². The topological polar surface area (TPSA) is 50.6 Å². The van der Waals surface area contributed by atoms with E-state index in [2.05, 4.69) is 15.6 Å². The second-order valence-electron chi connectivity index (χ2n) is 5.23. The van der Waals surface area contributed by atoms with Gasteiger partial charge in [-0.1, -0.05) is 35.3 Å². The molecule has 0 saturated carbocycles. The summed E-state index contributed by atoms with van der Waals surface area (Å²) in [6, 6.07) is 9.72. The summed E-state index contributed by atoms with van der Waals surface area (Å²) in [6.45, 7) is 3.94. The highest BCUT2D eigenvalue weighted by molar-refractivity contribution is 14.0. The first-order valence-corrected chi connectivity index (χ1v) is 8.45. The summed E-state index contributed by atoms with van der Waals surface area (Å²) in [7, 11) is 3.54. The van der Waals surface area contributed by atoms with Crippen molar-refractivity contribution in [3.05, 3.63) is 51.8 Å². The van der Waals surface area contributed by atoms with Crippen LogP contribution in [-0.2, 0) is 20.1 Å². The third kappa shape index (κ3) is 6.27. The van der Waals surface area contributed by atoms with Gasteiger partial charge in [-0.25, -0.2) is 4.99 Å². The van der Waals surface area contributed by atoms with Crippen molar-refractivity contribution in [1.82, 2.24) is 15.2 Å². The molecule has 2 N–H and O–H groups in total. The number of hydrogen-bond donors (Lipinski definition) is 2.